The van der Waals surface area contributed by atoms with Crippen LogP contribution in [0, 0.1) is 11.3 Å². The van der Waals surface area contributed by atoms with E-state index in [1.54, 1.807) is 12.0 Å². The van der Waals surface area contributed by atoms with Crippen molar-refractivity contribution < 1.29 is 27.9 Å². The lowest BCUT2D eigenvalue weighted by atomic mass is 9.64. The van der Waals surface area contributed by atoms with Crippen LogP contribution in [0.2, 0.25) is 0 Å². The molecule has 0 aromatic heterocycles. The third-order valence-corrected chi connectivity index (χ3v) is 8.38. The van der Waals surface area contributed by atoms with Gasteiger partial charge in [0.25, 0.3) is 0 Å². The SMILES string of the molecule is CCCN(CCC)C(=O)C1=CC(NS(C)(=O)=O)=CC(C(N)=O)([C@H](Cc2ccccc2)[C@@H](O)CNCc2cccc(OC)c2)C1. The van der Waals surface area contributed by atoms with Crippen LogP contribution in [0.25, 0.3) is 0 Å². The number of primary amides is 1. The molecule has 3 rings (SSSR count). The van der Waals surface area contributed by atoms with Gasteiger partial charge in [-0.1, -0.05) is 56.3 Å². The topological polar surface area (TPSA) is 151 Å². The summed E-state index contributed by atoms with van der Waals surface area (Å²) in [5.74, 6) is -1.14. The minimum Gasteiger partial charge on any atom is -0.497 e. The minimum atomic E-state index is -3.77. The summed E-state index contributed by atoms with van der Waals surface area (Å²) in [6, 6.07) is 16.9. The molecule has 0 saturated heterocycles. The van der Waals surface area contributed by atoms with Gasteiger partial charge in [-0.15, -0.1) is 0 Å². The van der Waals surface area contributed by atoms with Gasteiger partial charge in [0, 0.05) is 43.4 Å². The van der Waals surface area contributed by atoms with E-state index in [0.29, 0.717) is 25.4 Å². The maximum atomic E-state index is 13.8. The van der Waals surface area contributed by atoms with E-state index in [9.17, 15) is 23.1 Å². The number of sulfonamides is 1. The van der Waals surface area contributed by atoms with Crippen molar-refractivity contribution >= 4 is 21.8 Å². The van der Waals surface area contributed by atoms with Crippen LogP contribution in [-0.2, 0) is 32.6 Å². The third kappa shape index (κ3) is 9.41. The smallest absolute Gasteiger partial charge is 0.249 e. The summed E-state index contributed by atoms with van der Waals surface area (Å²) in [4.78, 5) is 29.1. The number of aliphatic hydroxyl groups is 1. The largest absolute Gasteiger partial charge is 0.497 e. The first-order valence-corrected chi connectivity index (χ1v) is 16.9. The van der Waals surface area contributed by atoms with Gasteiger partial charge >= 0.3 is 0 Å². The highest BCUT2D eigenvalue weighted by Gasteiger charge is 2.49. The molecule has 0 radical (unpaired) electrons. The molecule has 0 spiro atoms. The molecule has 44 heavy (non-hydrogen) atoms. The number of allylic oxidation sites excluding steroid dienone is 1. The molecule has 0 fully saturated rings. The van der Waals surface area contributed by atoms with Crippen LogP contribution in [0.5, 0.6) is 5.75 Å². The number of amides is 2. The summed E-state index contributed by atoms with van der Waals surface area (Å²) >= 11 is 0. The number of rotatable bonds is 17. The highest BCUT2D eigenvalue weighted by Crippen LogP contribution is 2.44. The quantitative estimate of drug-likeness (QED) is 0.211. The summed E-state index contributed by atoms with van der Waals surface area (Å²) in [5.41, 5.74) is 6.72. The van der Waals surface area contributed by atoms with Gasteiger partial charge < -0.3 is 25.8 Å². The Morgan fingerprint density at radius 1 is 1.07 bits per heavy atom. The number of carbonyl (C=O) groups is 2. The minimum absolute atomic E-state index is 0.0726. The predicted molar refractivity (Wildman–Crippen MR) is 172 cm³/mol. The average Bonchev–Trinajstić information content (AvgIpc) is 2.98. The predicted octanol–water partition coefficient (Wildman–Crippen LogP) is 2.89. The van der Waals surface area contributed by atoms with Gasteiger partial charge in [0.1, 0.15) is 5.75 Å². The molecule has 11 heteroatoms. The fourth-order valence-corrected chi connectivity index (χ4v) is 6.34. The molecule has 2 aromatic carbocycles. The van der Waals surface area contributed by atoms with Crippen molar-refractivity contribution in [1.82, 2.24) is 14.9 Å². The second-order valence-electron chi connectivity index (χ2n) is 11.4. The molecule has 3 atom stereocenters. The molecule has 1 unspecified atom stereocenters. The summed E-state index contributed by atoms with van der Waals surface area (Å²) in [7, 11) is -2.18. The number of aliphatic hydroxyl groups excluding tert-OH is 1. The normalized spacial score (nSPS) is 18.0. The molecular weight excluding hydrogens is 580 g/mol. The van der Waals surface area contributed by atoms with Crippen molar-refractivity contribution in [3.8, 4) is 5.75 Å². The number of methoxy groups -OCH3 is 1. The Hall–Kier alpha value is -3.67. The number of nitrogens with zero attached hydrogens (tertiary/aromatic N) is 1. The van der Waals surface area contributed by atoms with Crippen molar-refractivity contribution in [2.75, 3.05) is 33.0 Å². The van der Waals surface area contributed by atoms with Crippen molar-refractivity contribution in [2.45, 2.75) is 52.2 Å². The van der Waals surface area contributed by atoms with Crippen LogP contribution < -0.4 is 20.5 Å². The van der Waals surface area contributed by atoms with Crippen LogP contribution in [0.4, 0.5) is 0 Å². The lowest BCUT2D eigenvalue weighted by Crippen LogP contribution is -2.52. The molecule has 5 N–H and O–H groups in total. The summed E-state index contributed by atoms with van der Waals surface area (Å²) in [6.07, 6.45) is 4.51. The maximum Gasteiger partial charge on any atom is 0.249 e. The first kappa shape index (κ1) is 34.8. The number of ether oxygens (including phenoxy) is 1. The van der Waals surface area contributed by atoms with Crippen LogP contribution in [-0.4, -0.2) is 69.3 Å². The van der Waals surface area contributed by atoms with Gasteiger partial charge in [0.2, 0.25) is 21.8 Å². The van der Waals surface area contributed by atoms with Gasteiger partial charge in [0.15, 0.2) is 0 Å². The number of carbonyl (C=O) groups excluding carboxylic acids is 2. The van der Waals surface area contributed by atoms with E-state index in [-0.39, 0.29) is 36.6 Å². The van der Waals surface area contributed by atoms with Crippen molar-refractivity contribution in [3.05, 3.63) is 89.1 Å². The number of nitrogens with one attached hydrogen (secondary N) is 2. The van der Waals surface area contributed by atoms with Crippen molar-refractivity contribution in [2.24, 2.45) is 17.1 Å². The van der Waals surface area contributed by atoms with E-state index in [2.05, 4.69) is 10.0 Å². The Kier molecular flexibility index (Phi) is 12.6. The number of benzene rings is 2. The lowest BCUT2D eigenvalue weighted by Gasteiger charge is -2.42. The summed E-state index contributed by atoms with van der Waals surface area (Å²) in [5, 5.41) is 15.0. The molecule has 0 bridgehead atoms. The first-order valence-electron chi connectivity index (χ1n) is 15.0. The summed E-state index contributed by atoms with van der Waals surface area (Å²) in [6.45, 7) is 5.50. The number of hydrogen-bond acceptors (Lipinski definition) is 7. The van der Waals surface area contributed by atoms with Crippen LogP contribution in [0.3, 0.4) is 0 Å². The van der Waals surface area contributed by atoms with Gasteiger partial charge in [-0.2, -0.15) is 0 Å². The maximum absolute atomic E-state index is 13.8. The number of hydrogen-bond donors (Lipinski definition) is 4. The molecule has 1 aliphatic carbocycles. The highest BCUT2D eigenvalue weighted by atomic mass is 32.2. The molecule has 2 amide bonds. The molecule has 0 aliphatic heterocycles. The Morgan fingerprint density at radius 2 is 1.73 bits per heavy atom. The zero-order valence-corrected chi connectivity index (χ0v) is 26.9. The van der Waals surface area contributed by atoms with Crippen LogP contribution in [0.1, 0.15) is 44.2 Å². The second kappa shape index (κ2) is 15.9. The van der Waals surface area contributed by atoms with E-state index in [1.165, 1.54) is 12.2 Å². The van der Waals surface area contributed by atoms with Crippen LogP contribution in [0.15, 0.2) is 78.0 Å². The van der Waals surface area contributed by atoms with Crippen molar-refractivity contribution in [3.63, 3.8) is 0 Å². The Morgan fingerprint density at radius 3 is 2.32 bits per heavy atom. The molecule has 240 valence electrons. The average molecular weight is 627 g/mol. The van der Waals surface area contributed by atoms with Gasteiger partial charge in [-0.25, -0.2) is 8.42 Å². The van der Waals surface area contributed by atoms with E-state index < -0.39 is 33.4 Å². The third-order valence-electron chi connectivity index (χ3n) is 7.78. The molecule has 10 nitrogen and oxygen atoms in total. The summed E-state index contributed by atoms with van der Waals surface area (Å²) < 4.78 is 32.5. The molecule has 2 aromatic rings. The molecule has 0 saturated carbocycles. The number of nitrogens with two attached hydrogens (primary N) is 1. The van der Waals surface area contributed by atoms with Crippen molar-refractivity contribution in [1.29, 1.82) is 0 Å². The standard InChI is InChI=1S/C33H46N4O6S/c1-5-15-37(16-6-2)31(39)26-19-27(36-44(4,41)42)21-33(20-26,32(34)40)29(18-24-11-8-7-9-12-24)30(38)23-35-22-25-13-10-14-28(17-25)43-3/h7-14,17,19,21,29-30,35-36,38H,5-6,15-16,18,20,22-23H2,1-4H3,(H2,34,40)/t29-,30+,33?/m1/s1. The zero-order chi connectivity index (χ0) is 32.3. The van der Waals surface area contributed by atoms with Crippen LogP contribution >= 0.6 is 0 Å². The Balaban J connectivity index is 2.05. The Labute approximate surface area is 261 Å². The molecule has 1 aliphatic rings. The van der Waals surface area contributed by atoms with Gasteiger partial charge in [0.05, 0.1) is 24.9 Å². The fourth-order valence-electron chi connectivity index (χ4n) is 5.79. The van der Waals surface area contributed by atoms with Gasteiger partial charge in [-0.3, -0.25) is 14.3 Å². The van der Waals surface area contributed by atoms with E-state index in [1.807, 2.05) is 68.4 Å². The van der Waals surface area contributed by atoms with E-state index >= 15 is 0 Å². The molecule has 0 heterocycles. The van der Waals surface area contributed by atoms with Gasteiger partial charge in [-0.05, 0) is 61.1 Å². The monoisotopic (exact) mass is 626 g/mol. The highest BCUT2D eigenvalue weighted by molar-refractivity contribution is 7.88. The second-order valence-corrected chi connectivity index (χ2v) is 13.1. The zero-order valence-electron chi connectivity index (χ0n) is 26.1. The fraction of sp³-hybridized carbons (Fsp3) is 0.455. The first-order chi connectivity index (χ1) is 20.9. The molecular formula is C33H46N4O6S. The van der Waals surface area contributed by atoms with E-state index in [4.69, 9.17) is 10.5 Å². The van der Waals surface area contributed by atoms with E-state index in [0.717, 1.165) is 30.2 Å². The lowest BCUT2D eigenvalue weighted by molar-refractivity contribution is -0.132. The Bertz CT molecular complexity index is 1440.